The lowest BCUT2D eigenvalue weighted by Gasteiger charge is -2.32. The lowest BCUT2D eigenvalue weighted by atomic mass is 10.1. The number of anilines is 2. The molecule has 9 heteroatoms. The minimum atomic E-state index is -4.48. The van der Waals surface area contributed by atoms with E-state index in [1.807, 2.05) is 0 Å². The molecular formula is C21H19F3N4O2. The Hall–Kier alpha value is -3.59. The van der Waals surface area contributed by atoms with Gasteiger partial charge in [0.25, 0.3) is 0 Å². The number of methoxy groups -OCH3 is 1. The quantitative estimate of drug-likeness (QED) is 0.617. The number of nitrogens with zero attached hydrogens (tertiary/aromatic N) is 1. The molecule has 30 heavy (non-hydrogen) atoms. The molecule has 2 aromatic rings. The second-order valence-electron chi connectivity index (χ2n) is 6.31. The first-order chi connectivity index (χ1) is 14.3. The number of carbonyl (C=O) groups is 1. The summed E-state index contributed by atoms with van der Waals surface area (Å²) >= 11 is 0. The summed E-state index contributed by atoms with van der Waals surface area (Å²) < 4.78 is 44.4. The molecule has 0 aromatic heterocycles. The van der Waals surface area contributed by atoms with Crippen LogP contribution in [0.3, 0.4) is 0 Å². The third kappa shape index (κ3) is 4.69. The van der Waals surface area contributed by atoms with Gasteiger partial charge in [0.1, 0.15) is 11.8 Å². The molecule has 3 N–H and O–H groups in total. The van der Waals surface area contributed by atoms with E-state index in [4.69, 9.17) is 10.1 Å². The van der Waals surface area contributed by atoms with E-state index in [0.29, 0.717) is 17.1 Å². The van der Waals surface area contributed by atoms with E-state index in [2.05, 4.69) is 10.7 Å². The standard InChI is InChI=1S/C21H19F3N4O2/c1-30-19-8-3-2-7-16(19)26-17(9-11-25)20-18(29)10-12-28(27-20)15-6-4-5-14(13-15)21(22,23)24/h2-13,20,25-27H,1H3/b17-9-,25-11?. The van der Waals surface area contributed by atoms with Crippen molar-refractivity contribution < 1.29 is 22.7 Å². The van der Waals surface area contributed by atoms with Gasteiger partial charge >= 0.3 is 6.18 Å². The molecule has 3 rings (SSSR count). The summed E-state index contributed by atoms with van der Waals surface area (Å²) in [6, 6.07) is 10.8. The van der Waals surface area contributed by atoms with Crippen LogP contribution >= 0.6 is 0 Å². The number of allylic oxidation sites excluding steroid dienone is 1. The second-order valence-corrected chi connectivity index (χ2v) is 6.31. The predicted octanol–water partition coefficient (Wildman–Crippen LogP) is 4.14. The SMILES string of the molecule is COc1ccccc1N/C(=C\C=N)C1NN(c2cccc(C(F)(F)F)c2)C=CC1=O. The summed E-state index contributed by atoms with van der Waals surface area (Å²) in [6.45, 7) is 0. The summed E-state index contributed by atoms with van der Waals surface area (Å²) in [7, 11) is 1.50. The van der Waals surface area contributed by atoms with E-state index in [9.17, 15) is 18.0 Å². The number of nitrogens with one attached hydrogen (secondary N) is 3. The van der Waals surface area contributed by atoms with E-state index >= 15 is 0 Å². The van der Waals surface area contributed by atoms with Crippen molar-refractivity contribution in [2.75, 3.05) is 17.4 Å². The van der Waals surface area contributed by atoms with Crippen LogP contribution in [-0.2, 0) is 11.0 Å². The van der Waals surface area contributed by atoms with Gasteiger partial charge in [-0.3, -0.25) is 9.80 Å². The summed E-state index contributed by atoms with van der Waals surface area (Å²) in [5.41, 5.74) is 3.21. The summed E-state index contributed by atoms with van der Waals surface area (Å²) in [5.74, 6) is 0.204. The Morgan fingerprint density at radius 3 is 2.70 bits per heavy atom. The Labute approximate surface area is 171 Å². The molecule has 0 radical (unpaired) electrons. The number of hydrogen-bond acceptors (Lipinski definition) is 6. The zero-order chi connectivity index (χ0) is 21.7. The van der Waals surface area contributed by atoms with Gasteiger partial charge in [-0.2, -0.15) is 13.2 Å². The molecule has 1 atom stereocenters. The van der Waals surface area contributed by atoms with Gasteiger partial charge in [-0.1, -0.05) is 18.2 Å². The van der Waals surface area contributed by atoms with Crippen LogP contribution in [-0.4, -0.2) is 25.1 Å². The molecular weight excluding hydrogens is 397 g/mol. The molecule has 0 spiro atoms. The maximum absolute atomic E-state index is 13.0. The highest BCUT2D eigenvalue weighted by Gasteiger charge is 2.32. The van der Waals surface area contributed by atoms with Crippen molar-refractivity contribution in [3.63, 3.8) is 0 Å². The van der Waals surface area contributed by atoms with Gasteiger partial charge in [0.2, 0.25) is 0 Å². The molecule has 0 amide bonds. The number of benzene rings is 2. The molecule has 1 aliphatic heterocycles. The van der Waals surface area contributed by atoms with Gasteiger partial charge in [0.05, 0.1) is 24.0 Å². The number of para-hydroxylation sites is 2. The molecule has 1 heterocycles. The van der Waals surface area contributed by atoms with Crippen molar-refractivity contribution in [3.8, 4) is 5.75 Å². The van der Waals surface area contributed by atoms with E-state index in [0.717, 1.165) is 18.3 Å². The van der Waals surface area contributed by atoms with Crippen LogP contribution in [0.4, 0.5) is 24.5 Å². The molecule has 1 unspecified atom stereocenters. The summed E-state index contributed by atoms with van der Waals surface area (Å²) in [5, 5.41) is 11.8. The first kappa shape index (κ1) is 21.1. The Balaban J connectivity index is 1.89. The monoisotopic (exact) mass is 416 g/mol. The summed E-state index contributed by atoms with van der Waals surface area (Å²) in [4.78, 5) is 12.5. The van der Waals surface area contributed by atoms with Gasteiger partial charge in [-0.15, -0.1) is 0 Å². The molecule has 2 aromatic carbocycles. The third-order valence-electron chi connectivity index (χ3n) is 4.35. The minimum Gasteiger partial charge on any atom is -0.495 e. The van der Waals surface area contributed by atoms with Gasteiger partial charge in [-0.25, -0.2) is 5.43 Å². The lowest BCUT2D eigenvalue weighted by molar-refractivity contribution is -0.137. The molecule has 0 aliphatic carbocycles. The van der Waals surface area contributed by atoms with Crippen LogP contribution in [0.15, 0.2) is 72.6 Å². The third-order valence-corrected chi connectivity index (χ3v) is 4.35. The normalized spacial score (nSPS) is 17.1. The molecule has 1 aliphatic rings. The van der Waals surface area contributed by atoms with Crippen LogP contribution in [0.25, 0.3) is 0 Å². The maximum atomic E-state index is 13.0. The fourth-order valence-electron chi connectivity index (χ4n) is 2.91. The lowest BCUT2D eigenvalue weighted by Crippen LogP contribution is -2.51. The minimum absolute atomic E-state index is 0.213. The fourth-order valence-corrected chi connectivity index (χ4v) is 2.91. The Morgan fingerprint density at radius 2 is 2.00 bits per heavy atom. The van der Waals surface area contributed by atoms with Gasteiger partial charge < -0.3 is 15.5 Å². The molecule has 156 valence electrons. The van der Waals surface area contributed by atoms with Crippen molar-refractivity contribution in [2.24, 2.45) is 0 Å². The zero-order valence-electron chi connectivity index (χ0n) is 15.9. The summed E-state index contributed by atoms with van der Waals surface area (Å²) in [6.07, 6.45) is 0.551. The smallest absolute Gasteiger partial charge is 0.416 e. The second kappa shape index (κ2) is 8.83. The van der Waals surface area contributed by atoms with Crippen molar-refractivity contribution in [3.05, 3.63) is 78.1 Å². The molecule has 0 fully saturated rings. The molecule has 6 nitrogen and oxygen atoms in total. The zero-order valence-corrected chi connectivity index (χ0v) is 15.9. The van der Waals surface area contributed by atoms with Gasteiger partial charge in [-0.05, 0) is 36.4 Å². The number of carbonyl (C=O) groups excluding carboxylic acids is 1. The van der Waals surface area contributed by atoms with E-state index in [1.165, 1.54) is 42.6 Å². The number of alkyl halides is 3. The number of halogens is 3. The van der Waals surface area contributed by atoms with E-state index in [1.54, 1.807) is 24.3 Å². The Morgan fingerprint density at radius 1 is 1.23 bits per heavy atom. The molecule has 0 bridgehead atoms. The average molecular weight is 416 g/mol. The van der Waals surface area contributed by atoms with Crippen LogP contribution in [0.5, 0.6) is 5.75 Å². The van der Waals surface area contributed by atoms with E-state index in [-0.39, 0.29) is 11.5 Å². The van der Waals surface area contributed by atoms with Crippen LogP contribution < -0.4 is 20.5 Å². The highest BCUT2D eigenvalue weighted by molar-refractivity contribution is 5.99. The largest absolute Gasteiger partial charge is 0.495 e. The van der Waals surface area contributed by atoms with Gasteiger partial charge in [0, 0.05) is 24.2 Å². The van der Waals surface area contributed by atoms with Crippen molar-refractivity contribution >= 4 is 23.4 Å². The number of hydrazine groups is 1. The first-order valence-electron chi connectivity index (χ1n) is 8.89. The highest BCUT2D eigenvalue weighted by Crippen LogP contribution is 2.32. The Bertz CT molecular complexity index is 1000. The van der Waals surface area contributed by atoms with Gasteiger partial charge in [0.15, 0.2) is 5.78 Å². The highest BCUT2D eigenvalue weighted by atomic mass is 19.4. The maximum Gasteiger partial charge on any atom is 0.416 e. The molecule has 0 saturated carbocycles. The number of ketones is 1. The topological polar surface area (TPSA) is 77.5 Å². The average Bonchev–Trinajstić information content (AvgIpc) is 2.74. The first-order valence-corrected chi connectivity index (χ1v) is 8.89. The van der Waals surface area contributed by atoms with E-state index < -0.39 is 17.8 Å². The van der Waals surface area contributed by atoms with Crippen molar-refractivity contribution in [1.29, 1.82) is 5.41 Å². The Kier molecular flexibility index (Phi) is 6.22. The fraction of sp³-hybridized carbons (Fsp3) is 0.143. The van der Waals surface area contributed by atoms with Crippen LogP contribution in [0.2, 0.25) is 0 Å². The number of ether oxygens (including phenoxy) is 1. The predicted molar refractivity (Wildman–Crippen MR) is 108 cm³/mol. The van der Waals surface area contributed by atoms with Crippen LogP contribution in [0.1, 0.15) is 5.56 Å². The van der Waals surface area contributed by atoms with Crippen LogP contribution in [0, 0.1) is 5.41 Å². The number of hydrogen-bond donors (Lipinski definition) is 3. The molecule has 0 saturated heterocycles. The van der Waals surface area contributed by atoms with Crippen molar-refractivity contribution in [2.45, 2.75) is 12.2 Å². The number of rotatable bonds is 6. The van der Waals surface area contributed by atoms with Crippen molar-refractivity contribution in [1.82, 2.24) is 5.43 Å².